The Labute approximate surface area is 83.3 Å². The van der Waals surface area contributed by atoms with Crippen LogP contribution in [0.2, 0.25) is 0 Å². The quantitative estimate of drug-likeness (QED) is 0.619. The molecule has 0 heterocycles. The van der Waals surface area contributed by atoms with Crippen molar-refractivity contribution in [1.82, 2.24) is 4.90 Å². The van der Waals surface area contributed by atoms with Crippen LogP contribution in [-0.4, -0.2) is 31.8 Å². The fourth-order valence-electron chi connectivity index (χ4n) is 0.822. The van der Waals surface area contributed by atoms with Crippen molar-refractivity contribution in [3.63, 3.8) is 0 Å². The molecule has 1 unspecified atom stereocenters. The van der Waals surface area contributed by atoms with Gasteiger partial charge in [-0.2, -0.15) is 0 Å². The van der Waals surface area contributed by atoms with E-state index in [0.717, 1.165) is 12.2 Å². The van der Waals surface area contributed by atoms with E-state index in [4.69, 9.17) is 4.79 Å². The largest absolute Gasteiger partial charge is 0.309 e. The number of carbonyl (C=O) groups is 1. The second-order valence-corrected chi connectivity index (χ2v) is 4.77. The van der Waals surface area contributed by atoms with Crippen LogP contribution in [0.15, 0.2) is 0 Å². The molecule has 2 heteroatoms. The first kappa shape index (κ1) is 15.1. The van der Waals surface area contributed by atoms with E-state index < -0.39 is 0 Å². The van der Waals surface area contributed by atoms with Crippen LogP contribution in [0.3, 0.4) is 0 Å². The Morgan fingerprint density at radius 2 is 1.62 bits per heavy atom. The molecule has 0 amide bonds. The van der Waals surface area contributed by atoms with Gasteiger partial charge in [0.15, 0.2) is 0 Å². The first-order valence-corrected chi connectivity index (χ1v) is 4.80. The predicted molar refractivity (Wildman–Crippen MR) is 58.9 cm³/mol. The molecular weight excluding hydrogens is 162 g/mol. The molecule has 13 heavy (non-hydrogen) atoms. The molecule has 0 spiro atoms. The van der Waals surface area contributed by atoms with Gasteiger partial charge < -0.3 is 9.69 Å². The lowest BCUT2D eigenvalue weighted by atomic mass is 9.82. The topological polar surface area (TPSA) is 20.3 Å². The zero-order chi connectivity index (χ0) is 11.1. The van der Waals surface area contributed by atoms with E-state index >= 15 is 0 Å². The normalized spacial score (nSPS) is 13.2. The first-order chi connectivity index (χ1) is 5.75. The lowest BCUT2D eigenvalue weighted by Gasteiger charge is -2.29. The van der Waals surface area contributed by atoms with Crippen LogP contribution in [0.25, 0.3) is 0 Å². The van der Waals surface area contributed by atoms with Crippen molar-refractivity contribution in [2.75, 3.05) is 20.6 Å². The van der Waals surface area contributed by atoms with Gasteiger partial charge >= 0.3 is 0 Å². The summed E-state index contributed by atoms with van der Waals surface area (Å²) < 4.78 is 0. The van der Waals surface area contributed by atoms with Crippen molar-refractivity contribution < 1.29 is 4.79 Å². The van der Waals surface area contributed by atoms with Crippen LogP contribution in [0.4, 0.5) is 0 Å². The summed E-state index contributed by atoms with van der Waals surface area (Å²) in [6.07, 6.45) is 0.750. The third-order valence-corrected chi connectivity index (χ3v) is 2.12. The third-order valence-electron chi connectivity index (χ3n) is 2.12. The molecule has 0 saturated carbocycles. The third kappa shape index (κ3) is 11.6. The van der Waals surface area contributed by atoms with E-state index in [1.54, 1.807) is 0 Å². The number of hydrogen-bond acceptors (Lipinski definition) is 2. The lowest BCUT2D eigenvalue weighted by molar-refractivity contribution is -0.106. The molecule has 0 aromatic rings. The van der Waals surface area contributed by atoms with Crippen LogP contribution in [-0.2, 0) is 4.79 Å². The second-order valence-electron chi connectivity index (χ2n) is 4.77. The summed E-state index contributed by atoms with van der Waals surface area (Å²) in [7, 11) is 4.25. The van der Waals surface area contributed by atoms with E-state index in [1.807, 2.05) is 0 Å². The van der Waals surface area contributed by atoms with E-state index in [2.05, 4.69) is 46.7 Å². The van der Waals surface area contributed by atoms with E-state index in [9.17, 15) is 0 Å². The molecular formula is C11H25NO. The Kier molecular flexibility index (Phi) is 8.23. The summed E-state index contributed by atoms with van der Waals surface area (Å²) >= 11 is 0. The molecule has 80 valence electrons. The molecule has 0 aliphatic carbocycles. The smallest absolute Gasteiger partial charge is 0.116 e. The van der Waals surface area contributed by atoms with Gasteiger partial charge in [0.1, 0.15) is 6.29 Å². The van der Waals surface area contributed by atoms with Gasteiger partial charge in [-0.15, -0.1) is 0 Å². The molecule has 0 radical (unpaired) electrons. The van der Waals surface area contributed by atoms with Gasteiger partial charge in [0.05, 0.1) is 0 Å². The molecule has 1 atom stereocenters. The highest BCUT2D eigenvalue weighted by Gasteiger charge is 2.19. The van der Waals surface area contributed by atoms with Crippen molar-refractivity contribution in [3.8, 4) is 0 Å². The maximum atomic E-state index is 8.81. The summed E-state index contributed by atoms with van der Waals surface area (Å²) in [6, 6.07) is 0. The minimum atomic E-state index is 0.449. The molecule has 0 N–H and O–H groups in total. The van der Waals surface area contributed by atoms with Gasteiger partial charge in [0, 0.05) is 6.54 Å². The maximum Gasteiger partial charge on any atom is 0.116 e. The van der Waals surface area contributed by atoms with Crippen molar-refractivity contribution in [3.05, 3.63) is 0 Å². The molecule has 0 aromatic heterocycles. The van der Waals surface area contributed by atoms with Crippen molar-refractivity contribution >= 4 is 6.29 Å². The summed E-state index contributed by atoms with van der Waals surface area (Å²) in [4.78, 5) is 11.1. The highest BCUT2D eigenvalue weighted by Crippen LogP contribution is 2.25. The van der Waals surface area contributed by atoms with Crippen LogP contribution >= 0.6 is 0 Å². The predicted octanol–water partition coefficient (Wildman–Crippen LogP) is 2.44. The fourth-order valence-corrected chi connectivity index (χ4v) is 0.822. The van der Waals surface area contributed by atoms with Gasteiger partial charge in [-0.25, -0.2) is 0 Å². The zero-order valence-electron chi connectivity index (χ0n) is 10.2. The van der Waals surface area contributed by atoms with Crippen LogP contribution in [0.1, 0.15) is 34.6 Å². The average Bonchev–Trinajstić information content (AvgIpc) is 1.85. The summed E-state index contributed by atoms with van der Waals surface area (Å²) in [5.41, 5.74) is 0.449. The lowest BCUT2D eigenvalue weighted by Crippen LogP contribution is -2.28. The molecule has 0 rings (SSSR count). The Morgan fingerprint density at radius 3 is 1.69 bits per heavy atom. The van der Waals surface area contributed by atoms with Gasteiger partial charge in [0.2, 0.25) is 0 Å². The zero-order valence-corrected chi connectivity index (χ0v) is 10.2. The van der Waals surface area contributed by atoms with Gasteiger partial charge in [0.25, 0.3) is 0 Å². The maximum absolute atomic E-state index is 8.81. The van der Waals surface area contributed by atoms with Gasteiger partial charge in [-0.05, 0) is 32.4 Å². The molecule has 2 nitrogen and oxygen atoms in total. The van der Waals surface area contributed by atoms with E-state index in [1.165, 1.54) is 13.5 Å². The molecule has 0 bridgehead atoms. The first-order valence-electron chi connectivity index (χ1n) is 4.80. The molecule has 0 fully saturated rings. The van der Waals surface area contributed by atoms with Crippen LogP contribution in [0.5, 0.6) is 0 Å². The van der Waals surface area contributed by atoms with E-state index in [0.29, 0.717) is 5.41 Å². The standard InChI is InChI=1S/C9H21N.C2H4O/c1-8(7-10(5)6)9(2,3)4;1-2-3/h8H,7H2,1-6H3;2H,1H3. The minimum absolute atomic E-state index is 0.449. The number of nitrogens with zero attached hydrogens (tertiary/aromatic N) is 1. The Balaban J connectivity index is 0. The number of carbonyl (C=O) groups excluding carboxylic acids is 1. The number of aldehydes is 1. The van der Waals surface area contributed by atoms with Gasteiger partial charge in [-0.1, -0.05) is 27.7 Å². The monoisotopic (exact) mass is 187 g/mol. The highest BCUT2D eigenvalue weighted by atomic mass is 16.1. The van der Waals surface area contributed by atoms with Crippen LogP contribution < -0.4 is 0 Å². The summed E-state index contributed by atoms with van der Waals surface area (Å²) in [5, 5.41) is 0. The summed E-state index contributed by atoms with van der Waals surface area (Å²) in [5.74, 6) is 0.766. The Morgan fingerprint density at radius 1 is 1.31 bits per heavy atom. The van der Waals surface area contributed by atoms with Crippen molar-refractivity contribution in [2.24, 2.45) is 11.3 Å². The molecule has 0 aliphatic rings. The Bertz CT molecular complexity index is 125. The Hall–Kier alpha value is -0.370. The molecule has 0 aliphatic heterocycles. The molecule has 0 saturated heterocycles. The van der Waals surface area contributed by atoms with Crippen molar-refractivity contribution in [1.29, 1.82) is 0 Å². The summed E-state index contributed by atoms with van der Waals surface area (Å²) in [6.45, 7) is 11.8. The van der Waals surface area contributed by atoms with Gasteiger partial charge in [-0.3, -0.25) is 0 Å². The number of rotatable bonds is 2. The second kappa shape index (κ2) is 7.07. The minimum Gasteiger partial charge on any atom is -0.309 e. The van der Waals surface area contributed by atoms with Crippen LogP contribution in [0, 0.1) is 11.3 Å². The SMILES string of the molecule is CC(CN(C)C)C(C)(C)C.CC=O. The number of hydrogen-bond donors (Lipinski definition) is 0. The van der Waals surface area contributed by atoms with Crippen molar-refractivity contribution in [2.45, 2.75) is 34.6 Å². The fraction of sp³-hybridized carbons (Fsp3) is 0.909. The van der Waals surface area contributed by atoms with E-state index in [-0.39, 0.29) is 0 Å². The molecule has 0 aromatic carbocycles. The average molecular weight is 187 g/mol. The highest BCUT2D eigenvalue weighted by molar-refractivity contribution is 5.44.